The Morgan fingerprint density at radius 3 is 2.36 bits per heavy atom. The molecular formula is C23H24ClNO3. The highest BCUT2D eigenvalue weighted by Gasteiger charge is 2.46. The van der Waals surface area contributed by atoms with Gasteiger partial charge in [-0.3, -0.25) is 9.59 Å². The first-order valence-corrected chi connectivity index (χ1v) is 10.0. The number of hydrogen-bond donors (Lipinski definition) is 1. The molecule has 1 aliphatic rings. The summed E-state index contributed by atoms with van der Waals surface area (Å²) in [5.41, 5.74) is 1.25. The third-order valence-corrected chi connectivity index (χ3v) is 5.38. The molecule has 4 nitrogen and oxygen atoms in total. The lowest BCUT2D eigenvalue weighted by atomic mass is 9.95. The Bertz CT molecular complexity index is 892. The van der Waals surface area contributed by atoms with Crippen molar-refractivity contribution in [1.82, 2.24) is 4.90 Å². The molecule has 0 saturated carbocycles. The van der Waals surface area contributed by atoms with Gasteiger partial charge in [-0.1, -0.05) is 86.3 Å². The zero-order valence-electron chi connectivity index (χ0n) is 15.9. The molecule has 1 saturated heterocycles. The molecule has 0 aromatic heterocycles. The molecule has 2 aromatic rings. The molecule has 1 N–H and O–H groups in total. The molecule has 1 fully saturated rings. The number of amides is 1. The Hall–Kier alpha value is -2.59. The van der Waals surface area contributed by atoms with Gasteiger partial charge in [-0.05, 0) is 18.1 Å². The van der Waals surface area contributed by atoms with Gasteiger partial charge in [0.25, 0.3) is 11.7 Å². The van der Waals surface area contributed by atoms with Crippen molar-refractivity contribution in [1.29, 1.82) is 0 Å². The smallest absolute Gasteiger partial charge is 0.295 e. The minimum atomic E-state index is -0.685. The Labute approximate surface area is 170 Å². The van der Waals surface area contributed by atoms with Gasteiger partial charge in [0.15, 0.2) is 0 Å². The van der Waals surface area contributed by atoms with Gasteiger partial charge in [0, 0.05) is 17.1 Å². The topological polar surface area (TPSA) is 57.6 Å². The lowest BCUT2D eigenvalue weighted by Crippen LogP contribution is -2.30. The average molecular weight is 398 g/mol. The van der Waals surface area contributed by atoms with E-state index in [4.69, 9.17) is 11.6 Å². The van der Waals surface area contributed by atoms with Crippen LogP contribution in [0.2, 0.25) is 5.02 Å². The molecule has 0 spiro atoms. The van der Waals surface area contributed by atoms with Gasteiger partial charge in [0.2, 0.25) is 0 Å². The van der Waals surface area contributed by atoms with E-state index >= 15 is 0 Å². The number of unbranched alkanes of at least 4 members (excludes halogenated alkanes) is 3. The number of rotatable bonds is 7. The summed E-state index contributed by atoms with van der Waals surface area (Å²) in [6.07, 6.45) is 3.94. The Kier molecular flexibility index (Phi) is 6.53. The van der Waals surface area contributed by atoms with Crippen LogP contribution in [0.1, 0.15) is 49.8 Å². The molecule has 5 heteroatoms. The molecule has 0 unspecified atom stereocenters. The second-order valence-corrected chi connectivity index (χ2v) is 7.35. The number of nitrogens with zero attached hydrogens (tertiary/aromatic N) is 1. The molecule has 0 bridgehead atoms. The van der Waals surface area contributed by atoms with E-state index < -0.39 is 17.7 Å². The summed E-state index contributed by atoms with van der Waals surface area (Å²) in [6.45, 7) is 2.57. The predicted molar refractivity (Wildman–Crippen MR) is 111 cm³/mol. The van der Waals surface area contributed by atoms with Crippen molar-refractivity contribution >= 4 is 29.1 Å². The van der Waals surface area contributed by atoms with Crippen LogP contribution in [0.15, 0.2) is 60.2 Å². The summed E-state index contributed by atoms with van der Waals surface area (Å²) in [6, 6.07) is 15.3. The number of halogens is 1. The van der Waals surface area contributed by atoms with Crippen LogP contribution < -0.4 is 0 Å². The monoisotopic (exact) mass is 397 g/mol. The largest absolute Gasteiger partial charge is 0.507 e. The molecule has 1 atom stereocenters. The maximum absolute atomic E-state index is 12.9. The van der Waals surface area contributed by atoms with Gasteiger partial charge in [0.05, 0.1) is 11.6 Å². The minimum Gasteiger partial charge on any atom is -0.507 e. The average Bonchev–Trinajstić information content (AvgIpc) is 2.96. The van der Waals surface area contributed by atoms with Gasteiger partial charge >= 0.3 is 0 Å². The number of aliphatic hydroxyl groups is 1. The zero-order valence-corrected chi connectivity index (χ0v) is 16.7. The normalized spacial score (nSPS) is 18.6. The Balaban J connectivity index is 2.08. The van der Waals surface area contributed by atoms with Crippen LogP contribution in [0, 0.1) is 0 Å². The summed E-state index contributed by atoms with van der Waals surface area (Å²) in [5, 5.41) is 11.4. The maximum atomic E-state index is 12.9. The number of Topliss-reactive ketones (excluding diaryl/α,β-unsaturated/α-hetero) is 1. The predicted octanol–water partition coefficient (Wildman–Crippen LogP) is 5.34. The second kappa shape index (κ2) is 9.07. The lowest BCUT2D eigenvalue weighted by Gasteiger charge is -2.26. The van der Waals surface area contributed by atoms with Crippen molar-refractivity contribution in [3.8, 4) is 0 Å². The number of carbonyl (C=O) groups excluding carboxylic acids is 2. The number of hydrogen-bond acceptors (Lipinski definition) is 3. The second-order valence-electron chi connectivity index (χ2n) is 6.94. The third kappa shape index (κ3) is 3.97. The summed E-state index contributed by atoms with van der Waals surface area (Å²) in [4.78, 5) is 27.2. The molecule has 2 aromatic carbocycles. The molecule has 0 aliphatic carbocycles. The molecule has 1 heterocycles. The first-order chi connectivity index (χ1) is 13.6. The number of carbonyl (C=O) groups is 2. The molecule has 1 aliphatic heterocycles. The van der Waals surface area contributed by atoms with Crippen molar-refractivity contribution in [3.05, 3.63) is 76.3 Å². The van der Waals surface area contributed by atoms with Crippen molar-refractivity contribution in [2.75, 3.05) is 6.54 Å². The van der Waals surface area contributed by atoms with Crippen molar-refractivity contribution in [2.45, 2.75) is 38.6 Å². The van der Waals surface area contributed by atoms with E-state index in [1.165, 1.54) is 0 Å². The lowest BCUT2D eigenvalue weighted by molar-refractivity contribution is -0.139. The molecule has 1 amide bonds. The van der Waals surface area contributed by atoms with Gasteiger partial charge in [-0.25, -0.2) is 0 Å². The van der Waals surface area contributed by atoms with E-state index in [0.717, 1.165) is 25.7 Å². The van der Waals surface area contributed by atoms with Gasteiger partial charge < -0.3 is 10.0 Å². The van der Waals surface area contributed by atoms with Gasteiger partial charge in [0.1, 0.15) is 5.76 Å². The minimum absolute atomic E-state index is 0.0970. The van der Waals surface area contributed by atoms with Crippen molar-refractivity contribution in [2.24, 2.45) is 0 Å². The maximum Gasteiger partial charge on any atom is 0.295 e. The highest BCUT2D eigenvalue weighted by atomic mass is 35.5. The molecule has 28 heavy (non-hydrogen) atoms. The van der Waals surface area contributed by atoms with Crippen LogP contribution in [-0.2, 0) is 9.59 Å². The van der Waals surface area contributed by atoms with Crippen LogP contribution in [0.25, 0.3) is 5.76 Å². The third-order valence-electron chi connectivity index (χ3n) is 5.04. The summed E-state index contributed by atoms with van der Waals surface area (Å²) in [5.74, 6) is -1.42. The number of ketones is 1. The molecule has 146 valence electrons. The Morgan fingerprint density at radius 2 is 1.68 bits per heavy atom. The van der Waals surface area contributed by atoms with E-state index in [9.17, 15) is 14.7 Å². The van der Waals surface area contributed by atoms with Crippen LogP contribution in [0.4, 0.5) is 0 Å². The van der Waals surface area contributed by atoms with Crippen molar-refractivity contribution < 1.29 is 14.7 Å². The molecule has 0 radical (unpaired) electrons. The van der Waals surface area contributed by atoms with E-state index in [0.29, 0.717) is 22.7 Å². The highest BCUT2D eigenvalue weighted by Crippen LogP contribution is 2.41. The fourth-order valence-corrected chi connectivity index (χ4v) is 3.83. The number of benzene rings is 2. The zero-order chi connectivity index (χ0) is 20.1. The van der Waals surface area contributed by atoms with E-state index in [1.807, 2.05) is 12.1 Å². The quantitative estimate of drug-likeness (QED) is 0.297. The van der Waals surface area contributed by atoms with E-state index in [2.05, 4.69) is 6.92 Å². The van der Waals surface area contributed by atoms with Crippen molar-refractivity contribution in [3.63, 3.8) is 0 Å². The SMILES string of the molecule is CCCCCCN1C(=O)C(=O)/C(=C(/O)c2ccccc2)[C@@H]1c1ccccc1Cl. The standard InChI is InChI=1S/C23H24ClNO3/c1-2-3-4-10-15-25-20(17-13-8-9-14-18(17)24)19(22(27)23(25)28)21(26)16-11-6-5-7-12-16/h5-9,11-14,20,26H,2-4,10,15H2,1H3/b21-19+/t20-/m0/s1. The first kappa shape index (κ1) is 20.2. The summed E-state index contributed by atoms with van der Waals surface area (Å²) >= 11 is 6.41. The van der Waals surface area contributed by atoms with Crippen LogP contribution in [0.5, 0.6) is 0 Å². The van der Waals surface area contributed by atoms with E-state index in [1.54, 1.807) is 47.4 Å². The summed E-state index contributed by atoms with van der Waals surface area (Å²) in [7, 11) is 0. The summed E-state index contributed by atoms with van der Waals surface area (Å²) < 4.78 is 0. The number of likely N-dealkylation sites (tertiary alicyclic amines) is 1. The molecular weight excluding hydrogens is 374 g/mol. The van der Waals surface area contributed by atoms with Crippen LogP contribution in [-0.4, -0.2) is 28.2 Å². The van der Waals surface area contributed by atoms with Crippen LogP contribution >= 0.6 is 11.6 Å². The van der Waals surface area contributed by atoms with E-state index in [-0.39, 0.29) is 11.3 Å². The van der Waals surface area contributed by atoms with Gasteiger partial charge in [-0.15, -0.1) is 0 Å². The first-order valence-electron chi connectivity index (χ1n) is 9.64. The van der Waals surface area contributed by atoms with Gasteiger partial charge in [-0.2, -0.15) is 0 Å². The fourth-order valence-electron chi connectivity index (χ4n) is 3.59. The van der Waals surface area contributed by atoms with Crippen LogP contribution in [0.3, 0.4) is 0 Å². The Morgan fingerprint density at radius 1 is 1.00 bits per heavy atom. The highest BCUT2D eigenvalue weighted by molar-refractivity contribution is 6.47. The molecule has 3 rings (SSSR count). The fraction of sp³-hybridized carbons (Fsp3) is 0.304. The number of aliphatic hydroxyl groups excluding tert-OH is 1.